The molecule has 0 unspecified atom stereocenters. The van der Waals surface area contributed by atoms with Gasteiger partial charge in [-0.05, 0) is 0 Å². The zero-order chi connectivity index (χ0) is 8.48. The molecule has 0 aromatic carbocycles. The summed E-state index contributed by atoms with van der Waals surface area (Å²) in [5.74, 6) is 0. The summed E-state index contributed by atoms with van der Waals surface area (Å²) >= 11 is 1.18. The molecule has 0 saturated heterocycles. The van der Waals surface area contributed by atoms with Crippen LogP contribution in [-0.2, 0) is 5.41 Å². The highest BCUT2D eigenvalue weighted by molar-refractivity contribution is 7.07. The fourth-order valence-corrected chi connectivity index (χ4v) is 1.49. The van der Waals surface area contributed by atoms with Gasteiger partial charge in [-0.15, -0.1) is 0 Å². The van der Waals surface area contributed by atoms with Crippen LogP contribution in [0.4, 0.5) is 0 Å². The summed E-state index contributed by atoms with van der Waals surface area (Å²) in [5, 5.41) is 1.83. The van der Waals surface area contributed by atoms with Crippen molar-refractivity contribution in [1.29, 1.82) is 0 Å². The number of thiazole rings is 1. The number of hydrogen-bond acceptors (Lipinski definition) is 3. The van der Waals surface area contributed by atoms with Crippen molar-refractivity contribution < 1.29 is 0 Å². The van der Waals surface area contributed by atoms with Gasteiger partial charge in [-0.3, -0.25) is 4.79 Å². The van der Waals surface area contributed by atoms with E-state index in [-0.39, 0.29) is 10.3 Å². The molecule has 0 aliphatic heterocycles. The molecule has 0 bridgehead atoms. The van der Waals surface area contributed by atoms with Gasteiger partial charge in [0, 0.05) is 23.0 Å². The van der Waals surface area contributed by atoms with Crippen LogP contribution in [-0.4, -0.2) is 11.5 Å². The predicted molar refractivity (Wildman–Crippen MR) is 47.0 cm³/mol. The highest BCUT2D eigenvalue weighted by Gasteiger charge is 2.19. The average molecular weight is 172 g/mol. The smallest absolute Gasteiger partial charge is 0.304 e. The second-order valence-corrected chi connectivity index (χ2v) is 3.99. The van der Waals surface area contributed by atoms with Gasteiger partial charge in [0.1, 0.15) is 0 Å². The van der Waals surface area contributed by atoms with E-state index < -0.39 is 0 Å². The van der Waals surface area contributed by atoms with Gasteiger partial charge in [0.15, 0.2) is 0 Å². The first kappa shape index (κ1) is 8.49. The Balaban J connectivity index is 3.01. The second kappa shape index (κ2) is 2.79. The minimum Gasteiger partial charge on any atom is -0.330 e. The molecule has 0 spiro atoms. The molecule has 3 N–H and O–H groups in total. The molecule has 3 nitrogen and oxygen atoms in total. The summed E-state index contributed by atoms with van der Waals surface area (Å²) in [6.07, 6.45) is 0. The number of rotatable bonds is 2. The average Bonchev–Trinajstić information content (AvgIpc) is 2.36. The highest BCUT2D eigenvalue weighted by atomic mass is 32.1. The SMILES string of the molecule is CC(C)(CN)c1csc(=O)[nH]1. The van der Waals surface area contributed by atoms with Crippen LogP contribution in [0.25, 0.3) is 0 Å². The third kappa shape index (κ3) is 1.70. The molecule has 4 heteroatoms. The van der Waals surface area contributed by atoms with Crippen molar-refractivity contribution >= 4 is 11.3 Å². The van der Waals surface area contributed by atoms with Gasteiger partial charge in [0.25, 0.3) is 0 Å². The van der Waals surface area contributed by atoms with E-state index in [2.05, 4.69) is 4.98 Å². The number of nitrogens with one attached hydrogen (secondary N) is 1. The molecule has 62 valence electrons. The lowest BCUT2D eigenvalue weighted by Crippen LogP contribution is -2.29. The number of hydrogen-bond donors (Lipinski definition) is 2. The van der Waals surface area contributed by atoms with Crippen LogP contribution in [0.2, 0.25) is 0 Å². The van der Waals surface area contributed by atoms with E-state index >= 15 is 0 Å². The second-order valence-electron chi connectivity index (χ2n) is 3.15. The van der Waals surface area contributed by atoms with Gasteiger partial charge in [0.05, 0.1) is 0 Å². The number of nitrogens with two attached hydrogens (primary N) is 1. The largest absolute Gasteiger partial charge is 0.330 e. The van der Waals surface area contributed by atoms with Gasteiger partial charge in [-0.2, -0.15) is 0 Å². The zero-order valence-corrected chi connectivity index (χ0v) is 7.49. The highest BCUT2D eigenvalue weighted by Crippen LogP contribution is 2.18. The lowest BCUT2D eigenvalue weighted by atomic mass is 9.91. The van der Waals surface area contributed by atoms with Crippen molar-refractivity contribution in [2.24, 2.45) is 5.73 Å². The molecule has 1 rings (SSSR count). The molecule has 0 atom stereocenters. The molecule has 1 heterocycles. The first-order valence-corrected chi connectivity index (χ1v) is 4.32. The standard InChI is InChI=1S/C7H12N2OS/c1-7(2,4-8)5-3-11-6(10)9-5/h3H,4,8H2,1-2H3,(H,9,10). The predicted octanol–water partition coefficient (Wildman–Crippen LogP) is 0.673. The Morgan fingerprint density at radius 2 is 2.36 bits per heavy atom. The van der Waals surface area contributed by atoms with Crippen molar-refractivity contribution in [2.75, 3.05) is 6.54 Å². The third-order valence-electron chi connectivity index (χ3n) is 1.76. The summed E-state index contributed by atoms with van der Waals surface area (Å²) in [6, 6.07) is 0. The Morgan fingerprint density at radius 3 is 2.73 bits per heavy atom. The Labute approximate surface area is 69.3 Å². The van der Waals surface area contributed by atoms with Crippen LogP contribution in [0.5, 0.6) is 0 Å². The number of aromatic nitrogens is 1. The molecule has 0 fully saturated rings. The fourth-order valence-electron chi connectivity index (χ4n) is 0.720. The summed E-state index contributed by atoms with van der Waals surface area (Å²) in [4.78, 5) is 13.5. The van der Waals surface area contributed by atoms with Crippen LogP contribution in [0, 0.1) is 0 Å². The van der Waals surface area contributed by atoms with E-state index in [9.17, 15) is 4.79 Å². The van der Waals surface area contributed by atoms with Gasteiger partial charge in [-0.1, -0.05) is 25.2 Å². The zero-order valence-electron chi connectivity index (χ0n) is 6.68. The van der Waals surface area contributed by atoms with E-state index in [1.54, 1.807) is 0 Å². The molecule has 0 saturated carbocycles. The molecular weight excluding hydrogens is 160 g/mol. The van der Waals surface area contributed by atoms with Gasteiger partial charge in [0.2, 0.25) is 0 Å². The first-order valence-electron chi connectivity index (χ1n) is 3.44. The van der Waals surface area contributed by atoms with Gasteiger partial charge in [-0.25, -0.2) is 0 Å². The monoisotopic (exact) mass is 172 g/mol. The molecule has 11 heavy (non-hydrogen) atoms. The van der Waals surface area contributed by atoms with E-state index in [4.69, 9.17) is 5.73 Å². The Hall–Kier alpha value is -0.610. The molecule has 0 aliphatic rings. The van der Waals surface area contributed by atoms with Crippen molar-refractivity contribution in [1.82, 2.24) is 4.98 Å². The molecule has 0 aliphatic carbocycles. The van der Waals surface area contributed by atoms with Crippen LogP contribution in [0.3, 0.4) is 0 Å². The maximum atomic E-state index is 10.8. The lowest BCUT2D eigenvalue weighted by molar-refractivity contribution is 0.524. The molecule has 1 aromatic rings. The topological polar surface area (TPSA) is 58.9 Å². The molecular formula is C7H12N2OS. The summed E-state index contributed by atoms with van der Waals surface area (Å²) in [7, 11) is 0. The van der Waals surface area contributed by atoms with E-state index in [1.807, 2.05) is 19.2 Å². The Morgan fingerprint density at radius 1 is 1.73 bits per heavy atom. The maximum absolute atomic E-state index is 10.8. The van der Waals surface area contributed by atoms with E-state index in [0.29, 0.717) is 6.54 Å². The van der Waals surface area contributed by atoms with Crippen LogP contribution >= 0.6 is 11.3 Å². The van der Waals surface area contributed by atoms with Gasteiger partial charge < -0.3 is 10.7 Å². The lowest BCUT2D eigenvalue weighted by Gasteiger charge is -2.19. The van der Waals surface area contributed by atoms with Crippen molar-refractivity contribution in [3.8, 4) is 0 Å². The normalized spacial score (nSPS) is 11.9. The van der Waals surface area contributed by atoms with E-state index in [1.165, 1.54) is 11.3 Å². The maximum Gasteiger partial charge on any atom is 0.304 e. The van der Waals surface area contributed by atoms with Gasteiger partial charge >= 0.3 is 4.87 Å². The first-order chi connectivity index (χ1) is 5.06. The quantitative estimate of drug-likeness (QED) is 0.689. The van der Waals surface area contributed by atoms with Crippen LogP contribution in [0.1, 0.15) is 19.5 Å². The van der Waals surface area contributed by atoms with Crippen molar-refractivity contribution in [3.05, 3.63) is 20.7 Å². The van der Waals surface area contributed by atoms with Crippen molar-refractivity contribution in [2.45, 2.75) is 19.3 Å². The minimum absolute atomic E-state index is 0.0125. The van der Waals surface area contributed by atoms with Crippen molar-refractivity contribution in [3.63, 3.8) is 0 Å². The van der Waals surface area contributed by atoms with E-state index in [0.717, 1.165) is 5.69 Å². The summed E-state index contributed by atoms with van der Waals surface area (Å²) in [6.45, 7) is 4.55. The molecule has 1 aromatic heterocycles. The fraction of sp³-hybridized carbons (Fsp3) is 0.571. The Kier molecular flexibility index (Phi) is 2.15. The third-order valence-corrected chi connectivity index (χ3v) is 2.43. The van der Waals surface area contributed by atoms with Crippen LogP contribution < -0.4 is 10.6 Å². The number of aromatic amines is 1. The summed E-state index contributed by atoms with van der Waals surface area (Å²) in [5.41, 5.74) is 6.34. The summed E-state index contributed by atoms with van der Waals surface area (Å²) < 4.78 is 0. The number of H-pyrrole nitrogens is 1. The minimum atomic E-state index is -0.112. The Bertz CT molecular complexity index is 287. The molecule has 0 amide bonds. The molecule has 0 radical (unpaired) electrons. The van der Waals surface area contributed by atoms with Crippen LogP contribution in [0.15, 0.2) is 10.2 Å².